The van der Waals surface area contributed by atoms with Crippen LogP contribution in [0.15, 0.2) is 71.2 Å². The van der Waals surface area contributed by atoms with Crippen LogP contribution in [0.4, 0.5) is 0 Å². The number of allylic oxidation sites excluding steroid dienone is 7. The van der Waals surface area contributed by atoms with Gasteiger partial charge in [0.05, 0.1) is 7.11 Å². The first-order valence-corrected chi connectivity index (χ1v) is 13.2. The summed E-state index contributed by atoms with van der Waals surface area (Å²) in [6, 6.07) is -0.797. The van der Waals surface area contributed by atoms with Crippen molar-refractivity contribution in [1.29, 1.82) is 0 Å². The van der Waals surface area contributed by atoms with Gasteiger partial charge in [0.1, 0.15) is 17.9 Å². The van der Waals surface area contributed by atoms with Crippen molar-refractivity contribution in [1.82, 2.24) is 10.6 Å². The molecule has 1 aliphatic heterocycles. The second kappa shape index (κ2) is 16.5. The minimum atomic E-state index is -0.797. The van der Waals surface area contributed by atoms with Crippen molar-refractivity contribution in [2.75, 3.05) is 7.11 Å². The van der Waals surface area contributed by atoms with E-state index in [1.807, 2.05) is 46.8 Å². The molecule has 39 heavy (non-hydrogen) atoms. The normalized spacial score (nSPS) is 18.6. The highest BCUT2D eigenvalue weighted by molar-refractivity contribution is 6.29. The molecule has 1 unspecified atom stereocenters. The lowest BCUT2D eigenvalue weighted by Crippen LogP contribution is -2.52. The minimum absolute atomic E-state index is 0.00886. The Bertz CT molecular complexity index is 1070. The summed E-state index contributed by atoms with van der Waals surface area (Å²) in [5.41, 5.74) is 0.392. The van der Waals surface area contributed by atoms with Gasteiger partial charge in [-0.05, 0) is 25.3 Å². The maximum atomic E-state index is 12.7. The number of amides is 2. The number of hydrogen-bond donors (Lipinski definition) is 2. The van der Waals surface area contributed by atoms with Gasteiger partial charge in [0.15, 0.2) is 5.76 Å². The van der Waals surface area contributed by atoms with Gasteiger partial charge < -0.3 is 20.1 Å². The molecule has 9 heteroatoms. The molecular formula is C30H41ClN2O6. The first kappa shape index (κ1) is 33.6. The number of carbonyl (C=O) groups is 4. The van der Waals surface area contributed by atoms with Gasteiger partial charge >= 0.3 is 5.97 Å². The van der Waals surface area contributed by atoms with Gasteiger partial charge in [-0.25, -0.2) is 4.79 Å². The Morgan fingerprint density at radius 3 is 2.44 bits per heavy atom. The highest BCUT2D eigenvalue weighted by Gasteiger charge is 2.32. The maximum Gasteiger partial charge on any atom is 0.373 e. The van der Waals surface area contributed by atoms with E-state index in [0.717, 1.165) is 5.57 Å². The Hall–Kier alpha value is -3.39. The second-order valence-corrected chi connectivity index (χ2v) is 11.0. The molecule has 8 nitrogen and oxygen atoms in total. The van der Waals surface area contributed by atoms with E-state index < -0.39 is 23.3 Å². The van der Waals surface area contributed by atoms with E-state index >= 15 is 0 Å². The third kappa shape index (κ3) is 13.3. The van der Waals surface area contributed by atoms with Crippen molar-refractivity contribution in [3.63, 3.8) is 0 Å². The highest BCUT2D eigenvalue weighted by atomic mass is 35.5. The fourth-order valence-corrected chi connectivity index (χ4v) is 3.66. The molecule has 0 fully saturated rings. The van der Waals surface area contributed by atoms with E-state index in [-0.39, 0.29) is 42.3 Å². The molecule has 0 saturated carbocycles. The number of hydrogen-bond acceptors (Lipinski definition) is 6. The SMILES string of the molecule is COC1=CCC([C@@H](C)/C=C(C)/C=C\C=C/C(=O)N[C@H](C(=O)N/C=C\CC(=O)C/C=C(\C)Cl)C(C)(C)C)OC1=O. The predicted molar refractivity (Wildman–Crippen MR) is 153 cm³/mol. The second-order valence-electron chi connectivity index (χ2n) is 10.4. The molecule has 0 radical (unpaired) electrons. The predicted octanol–water partition coefficient (Wildman–Crippen LogP) is 5.18. The summed E-state index contributed by atoms with van der Waals surface area (Å²) in [6.45, 7) is 11.1. The van der Waals surface area contributed by atoms with Crippen LogP contribution in [0.3, 0.4) is 0 Å². The number of methoxy groups -OCH3 is 1. The van der Waals surface area contributed by atoms with Crippen molar-refractivity contribution >= 4 is 35.2 Å². The van der Waals surface area contributed by atoms with Gasteiger partial charge in [0, 0.05) is 42.5 Å². The van der Waals surface area contributed by atoms with Crippen LogP contribution in [0.2, 0.25) is 0 Å². The fourth-order valence-electron chi connectivity index (χ4n) is 3.58. The molecule has 0 saturated heterocycles. The average Bonchev–Trinajstić information content (AvgIpc) is 2.85. The molecular weight excluding hydrogens is 520 g/mol. The van der Waals surface area contributed by atoms with Crippen LogP contribution in [0, 0.1) is 11.3 Å². The van der Waals surface area contributed by atoms with Crippen LogP contribution in [0.1, 0.15) is 60.8 Å². The molecule has 3 atom stereocenters. The maximum absolute atomic E-state index is 12.7. The zero-order valence-electron chi connectivity index (χ0n) is 23.9. The summed E-state index contributed by atoms with van der Waals surface area (Å²) in [7, 11) is 1.44. The number of cyclic esters (lactones) is 1. The molecule has 0 bridgehead atoms. The van der Waals surface area contributed by atoms with E-state index in [9.17, 15) is 19.2 Å². The number of ketones is 1. The zero-order chi connectivity index (χ0) is 29.6. The average molecular weight is 561 g/mol. The van der Waals surface area contributed by atoms with Crippen LogP contribution in [-0.4, -0.2) is 42.8 Å². The molecule has 1 aliphatic rings. The monoisotopic (exact) mass is 560 g/mol. The molecule has 1 heterocycles. The quantitative estimate of drug-likeness (QED) is 0.182. The number of carbonyl (C=O) groups excluding carboxylic acids is 4. The Morgan fingerprint density at radius 2 is 1.85 bits per heavy atom. The van der Waals surface area contributed by atoms with Gasteiger partial charge in [-0.15, -0.1) is 0 Å². The molecule has 0 aromatic heterocycles. The number of esters is 1. The van der Waals surface area contributed by atoms with Gasteiger partial charge in [0.25, 0.3) is 0 Å². The summed E-state index contributed by atoms with van der Waals surface area (Å²) in [4.78, 5) is 48.9. The molecule has 2 N–H and O–H groups in total. The van der Waals surface area contributed by atoms with E-state index in [1.54, 1.807) is 37.3 Å². The summed E-state index contributed by atoms with van der Waals surface area (Å²) in [5.74, 6) is -1.08. The van der Waals surface area contributed by atoms with Crippen LogP contribution >= 0.6 is 11.6 Å². The van der Waals surface area contributed by atoms with Crippen molar-refractivity contribution in [2.24, 2.45) is 11.3 Å². The molecule has 0 aliphatic carbocycles. The van der Waals surface area contributed by atoms with Crippen molar-refractivity contribution in [3.8, 4) is 0 Å². The first-order valence-electron chi connectivity index (χ1n) is 12.8. The van der Waals surface area contributed by atoms with Gasteiger partial charge in [-0.1, -0.05) is 81.3 Å². The van der Waals surface area contributed by atoms with Gasteiger partial charge in [-0.2, -0.15) is 0 Å². The molecule has 214 valence electrons. The lowest BCUT2D eigenvalue weighted by atomic mass is 9.86. The number of halogens is 1. The Balaban J connectivity index is 2.64. The summed E-state index contributed by atoms with van der Waals surface area (Å²) in [6.07, 6.45) is 15.5. The van der Waals surface area contributed by atoms with Gasteiger partial charge in [0.2, 0.25) is 11.8 Å². The molecule has 0 aromatic rings. The Labute approximate surface area is 236 Å². The number of nitrogens with one attached hydrogen (secondary N) is 2. The lowest BCUT2D eigenvalue weighted by molar-refractivity contribution is -0.151. The first-order chi connectivity index (χ1) is 18.2. The third-order valence-electron chi connectivity index (χ3n) is 5.76. The van der Waals surface area contributed by atoms with Crippen LogP contribution in [0.25, 0.3) is 0 Å². The number of Topliss-reactive ketones (excluding diaryl/α,β-unsaturated/α-hetero) is 1. The van der Waals surface area contributed by atoms with Crippen LogP contribution in [0.5, 0.6) is 0 Å². The Kier molecular flexibility index (Phi) is 14.3. The van der Waals surface area contributed by atoms with Crippen LogP contribution in [-0.2, 0) is 28.7 Å². The number of ether oxygens (including phenoxy) is 2. The van der Waals surface area contributed by atoms with Crippen molar-refractivity contribution in [3.05, 3.63) is 71.2 Å². The zero-order valence-corrected chi connectivity index (χ0v) is 24.6. The largest absolute Gasteiger partial charge is 0.490 e. The summed E-state index contributed by atoms with van der Waals surface area (Å²) in [5, 5.41) is 5.93. The topological polar surface area (TPSA) is 111 Å². The molecule has 2 amide bonds. The van der Waals surface area contributed by atoms with E-state index in [1.165, 1.54) is 19.4 Å². The Morgan fingerprint density at radius 1 is 1.18 bits per heavy atom. The van der Waals surface area contributed by atoms with E-state index in [4.69, 9.17) is 21.1 Å². The van der Waals surface area contributed by atoms with Crippen molar-refractivity contribution in [2.45, 2.75) is 73.0 Å². The molecule has 0 spiro atoms. The van der Waals surface area contributed by atoms with E-state index in [0.29, 0.717) is 11.5 Å². The fraction of sp³-hybridized carbons (Fsp3) is 0.467. The lowest BCUT2D eigenvalue weighted by Gasteiger charge is -2.29. The highest BCUT2D eigenvalue weighted by Crippen LogP contribution is 2.23. The summed E-state index contributed by atoms with van der Waals surface area (Å²) < 4.78 is 10.4. The summed E-state index contributed by atoms with van der Waals surface area (Å²) >= 11 is 5.72. The van der Waals surface area contributed by atoms with Gasteiger partial charge in [-0.3, -0.25) is 14.4 Å². The smallest absolute Gasteiger partial charge is 0.373 e. The third-order valence-corrected chi connectivity index (χ3v) is 5.91. The van der Waals surface area contributed by atoms with Crippen LogP contribution < -0.4 is 10.6 Å². The number of rotatable bonds is 13. The van der Waals surface area contributed by atoms with Crippen molar-refractivity contribution < 1.29 is 28.7 Å². The minimum Gasteiger partial charge on any atom is -0.490 e. The van der Waals surface area contributed by atoms with E-state index in [2.05, 4.69) is 10.6 Å². The molecule has 0 aromatic carbocycles. The standard InChI is InChI=1S/C30H41ClN2O6/c1-20(19-21(2)24-16-17-25(38-7)29(37)39-24)11-8-9-13-26(35)33-27(30(4,5)6)28(36)32-18-10-12-23(34)15-14-22(3)31/h8-11,13-14,17-19,21,24,27H,12,15-16H2,1-7H3,(H,32,36)(H,33,35)/b11-8-,13-9-,18-10-,20-19+,22-14+/t21-,24?,27+/m0/s1. The molecule has 1 rings (SSSR count).